The van der Waals surface area contributed by atoms with E-state index < -0.39 is 11.9 Å². The summed E-state index contributed by atoms with van der Waals surface area (Å²) in [5.74, 6) is -0.00359. The molecule has 1 aliphatic carbocycles. The van der Waals surface area contributed by atoms with Crippen molar-refractivity contribution in [2.24, 2.45) is 5.92 Å². The number of hydrogen-bond donors (Lipinski definition) is 1. The summed E-state index contributed by atoms with van der Waals surface area (Å²) in [6.07, 6.45) is -1.21. The summed E-state index contributed by atoms with van der Waals surface area (Å²) in [7, 11) is 1.85. The summed E-state index contributed by atoms with van der Waals surface area (Å²) < 4.78 is 40.0. The monoisotopic (exact) mass is 393 g/mol. The van der Waals surface area contributed by atoms with E-state index in [0.717, 1.165) is 31.7 Å². The number of pyridine rings is 1. The van der Waals surface area contributed by atoms with Crippen molar-refractivity contribution in [3.05, 3.63) is 36.0 Å². The van der Waals surface area contributed by atoms with Crippen LogP contribution in [0, 0.1) is 5.92 Å². The minimum atomic E-state index is -4.49. The average Bonchev–Trinajstić information content (AvgIpc) is 2.66. The molecular formula is C21H26F3N3O. The SMILES string of the molecule is CC(C)C(=O)N[C@H]1CC[C@@H](N(C)c2cc(C(F)(F)F)nc3ccccc23)CC1. The van der Waals surface area contributed by atoms with E-state index >= 15 is 0 Å². The molecule has 0 unspecified atom stereocenters. The quantitative estimate of drug-likeness (QED) is 0.814. The summed E-state index contributed by atoms with van der Waals surface area (Å²) in [4.78, 5) is 17.6. The van der Waals surface area contributed by atoms with Gasteiger partial charge in [-0.3, -0.25) is 4.79 Å². The Labute approximate surface area is 163 Å². The van der Waals surface area contributed by atoms with Crippen LogP contribution in [0.1, 0.15) is 45.2 Å². The van der Waals surface area contributed by atoms with Crippen molar-refractivity contribution in [2.75, 3.05) is 11.9 Å². The number of rotatable bonds is 4. The fraction of sp³-hybridized carbons (Fsp3) is 0.524. The summed E-state index contributed by atoms with van der Waals surface area (Å²) in [6, 6.07) is 8.34. The molecule has 1 saturated carbocycles. The van der Waals surface area contributed by atoms with Gasteiger partial charge in [-0.2, -0.15) is 13.2 Å². The van der Waals surface area contributed by atoms with Gasteiger partial charge in [0.05, 0.1) is 5.52 Å². The second-order valence-electron chi connectivity index (χ2n) is 7.82. The molecular weight excluding hydrogens is 367 g/mol. The molecule has 0 bridgehead atoms. The molecule has 0 spiro atoms. The topological polar surface area (TPSA) is 45.2 Å². The van der Waals surface area contributed by atoms with Gasteiger partial charge in [0.1, 0.15) is 5.69 Å². The van der Waals surface area contributed by atoms with Gasteiger partial charge in [0.25, 0.3) is 0 Å². The lowest BCUT2D eigenvalue weighted by atomic mass is 9.89. The molecule has 1 aromatic heterocycles. The molecule has 1 N–H and O–H groups in total. The third-order valence-electron chi connectivity index (χ3n) is 5.48. The molecule has 1 fully saturated rings. The Morgan fingerprint density at radius 1 is 1.18 bits per heavy atom. The molecule has 3 rings (SSSR count). The van der Waals surface area contributed by atoms with Gasteiger partial charge in [0.2, 0.25) is 5.91 Å². The van der Waals surface area contributed by atoms with E-state index in [-0.39, 0.29) is 23.9 Å². The predicted molar refractivity (Wildman–Crippen MR) is 104 cm³/mol. The van der Waals surface area contributed by atoms with E-state index in [1.54, 1.807) is 12.1 Å². The van der Waals surface area contributed by atoms with Gasteiger partial charge < -0.3 is 10.2 Å². The van der Waals surface area contributed by atoms with Crippen molar-refractivity contribution < 1.29 is 18.0 Å². The van der Waals surface area contributed by atoms with Gasteiger partial charge in [-0.1, -0.05) is 32.0 Å². The molecule has 2 aromatic rings. The van der Waals surface area contributed by atoms with E-state index in [9.17, 15) is 18.0 Å². The Kier molecular flexibility index (Phi) is 5.82. The number of para-hydroxylation sites is 1. The minimum Gasteiger partial charge on any atom is -0.371 e. The predicted octanol–water partition coefficient (Wildman–Crippen LogP) is 4.77. The largest absolute Gasteiger partial charge is 0.433 e. The van der Waals surface area contributed by atoms with E-state index in [0.29, 0.717) is 16.6 Å². The van der Waals surface area contributed by atoms with E-state index in [4.69, 9.17) is 0 Å². The number of carbonyl (C=O) groups is 1. The second kappa shape index (κ2) is 7.97. The van der Waals surface area contributed by atoms with Crippen LogP contribution in [-0.4, -0.2) is 30.0 Å². The number of amides is 1. The lowest BCUT2D eigenvalue weighted by molar-refractivity contribution is -0.140. The van der Waals surface area contributed by atoms with Crippen molar-refractivity contribution in [3.63, 3.8) is 0 Å². The van der Waals surface area contributed by atoms with Crippen LogP contribution in [-0.2, 0) is 11.0 Å². The highest BCUT2D eigenvalue weighted by molar-refractivity contribution is 5.92. The lowest BCUT2D eigenvalue weighted by Gasteiger charge is -2.37. The first-order valence-electron chi connectivity index (χ1n) is 9.67. The maximum absolute atomic E-state index is 13.3. The fourth-order valence-electron chi connectivity index (χ4n) is 3.77. The molecule has 0 saturated heterocycles. The van der Waals surface area contributed by atoms with Crippen LogP contribution in [0.4, 0.5) is 18.9 Å². The summed E-state index contributed by atoms with van der Waals surface area (Å²) in [5, 5.41) is 3.78. The maximum Gasteiger partial charge on any atom is 0.433 e. The normalized spacial score (nSPS) is 20.4. The van der Waals surface area contributed by atoms with Gasteiger partial charge >= 0.3 is 6.18 Å². The van der Waals surface area contributed by atoms with Crippen LogP contribution in [0.15, 0.2) is 30.3 Å². The average molecular weight is 393 g/mol. The molecule has 4 nitrogen and oxygen atoms in total. The molecule has 1 aromatic carbocycles. The van der Waals surface area contributed by atoms with Gasteiger partial charge in [0.15, 0.2) is 0 Å². The summed E-state index contributed by atoms with van der Waals surface area (Å²) in [6.45, 7) is 3.73. The molecule has 1 aliphatic rings. The van der Waals surface area contributed by atoms with Gasteiger partial charge in [-0.05, 0) is 37.8 Å². The van der Waals surface area contributed by atoms with Gasteiger partial charge in [-0.25, -0.2) is 4.98 Å². The van der Waals surface area contributed by atoms with Crippen LogP contribution in [0.25, 0.3) is 10.9 Å². The van der Waals surface area contributed by atoms with Crippen LogP contribution in [0.2, 0.25) is 0 Å². The van der Waals surface area contributed by atoms with Crippen molar-refractivity contribution in [2.45, 2.75) is 57.8 Å². The first-order chi connectivity index (χ1) is 13.2. The number of halogens is 3. The standard InChI is InChI=1S/C21H26F3N3O/c1-13(2)20(28)25-14-8-10-15(11-9-14)27(3)18-12-19(21(22,23)24)26-17-7-5-4-6-16(17)18/h4-7,12-15H,8-11H2,1-3H3,(H,25,28)/t14-,15+. The third-order valence-corrected chi connectivity index (χ3v) is 5.48. The lowest BCUT2D eigenvalue weighted by Crippen LogP contribution is -2.44. The number of anilines is 1. The number of hydrogen-bond acceptors (Lipinski definition) is 3. The van der Waals surface area contributed by atoms with Crippen LogP contribution < -0.4 is 10.2 Å². The Morgan fingerprint density at radius 2 is 1.82 bits per heavy atom. The molecule has 7 heteroatoms. The number of benzene rings is 1. The van der Waals surface area contributed by atoms with Crippen LogP contribution >= 0.6 is 0 Å². The minimum absolute atomic E-state index is 0.0479. The Balaban J connectivity index is 1.80. The molecule has 0 radical (unpaired) electrons. The van der Waals surface area contributed by atoms with E-state index in [1.807, 2.05) is 37.9 Å². The number of alkyl halides is 3. The number of nitrogens with one attached hydrogen (secondary N) is 1. The molecule has 28 heavy (non-hydrogen) atoms. The number of fused-ring (bicyclic) bond motifs is 1. The molecule has 1 heterocycles. The number of nitrogens with zero attached hydrogens (tertiary/aromatic N) is 2. The van der Waals surface area contributed by atoms with E-state index in [1.165, 1.54) is 0 Å². The highest BCUT2D eigenvalue weighted by Crippen LogP contribution is 2.36. The smallest absolute Gasteiger partial charge is 0.371 e. The van der Waals surface area contributed by atoms with Gasteiger partial charge in [0, 0.05) is 36.1 Å². The summed E-state index contributed by atoms with van der Waals surface area (Å²) in [5.41, 5.74) is 0.0237. The number of aromatic nitrogens is 1. The molecule has 0 aliphatic heterocycles. The van der Waals surface area contributed by atoms with Crippen molar-refractivity contribution >= 4 is 22.5 Å². The first kappa shape index (κ1) is 20.4. The second-order valence-corrected chi connectivity index (χ2v) is 7.82. The van der Waals surface area contributed by atoms with Gasteiger partial charge in [-0.15, -0.1) is 0 Å². The van der Waals surface area contributed by atoms with Crippen molar-refractivity contribution in [3.8, 4) is 0 Å². The third kappa shape index (κ3) is 4.39. The van der Waals surface area contributed by atoms with Crippen LogP contribution in [0.3, 0.4) is 0 Å². The molecule has 1 amide bonds. The molecule has 152 valence electrons. The zero-order chi connectivity index (χ0) is 20.5. The van der Waals surface area contributed by atoms with Crippen molar-refractivity contribution in [1.29, 1.82) is 0 Å². The zero-order valence-electron chi connectivity index (χ0n) is 16.4. The van der Waals surface area contributed by atoms with E-state index in [2.05, 4.69) is 10.3 Å². The van der Waals surface area contributed by atoms with Crippen LogP contribution in [0.5, 0.6) is 0 Å². The van der Waals surface area contributed by atoms with Crippen molar-refractivity contribution in [1.82, 2.24) is 10.3 Å². The Hall–Kier alpha value is -2.31. The maximum atomic E-state index is 13.3. The highest BCUT2D eigenvalue weighted by Gasteiger charge is 2.34. The Bertz CT molecular complexity index is 842. The zero-order valence-corrected chi connectivity index (χ0v) is 16.4. The Morgan fingerprint density at radius 3 is 2.43 bits per heavy atom. The first-order valence-corrected chi connectivity index (χ1v) is 9.67. The number of carbonyl (C=O) groups excluding carboxylic acids is 1. The fourth-order valence-corrected chi connectivity index (χ4v) is 3.77. The summed E-state index contributed by atoms with van der Waals surface area (Å²) >= 11 is 0. The highest BCUT2D eigenvalue weighted by atomic mass is 19.4. The molecule has 0 atom stereocenters.